The fourth-order valence-electron chi connectivity index (χ4n) is 3.87. The third-order valence-electron chi connectivity index (χ3n) is 5.58. The van der Waals surface area contributed by atoms with Crippen molar-refractivity contribution in [2.24, 2.45) is 16.6 Å². The summed E-state index contributed by atoms with van der Waals surface area (Å²) in [4.78, 5) is 14.8. The van der Waals surface area contributed by atoms with Crippen molar-refractivity contribution in [2.75, 3.05) is 13.6 Å². The smallest absolute Gasteiger partial charge is 0.230 e. The van der Waals surface area contributed by atoms with Crippen LogP contribution < -0.4 is 5.73 Å². The lowest BCUT2D eigenvalue weighted by Crippen LogP contribution is -2.50. The van der Waals surface area contributed by atoms with Gasteiger partial charge < -0.3 is 10.6 Å². The second-order valence-electron chi connectivity index (χ2n) is 7.50. The molecule has 2 saturated carbocycles. The number of carbonyl (C=O) groups is 1. The number of hydrogen-bond donors (Lipinski definition) is 1. The molecule has 3 nitrogen and oxygen atoms in total. The van der Waals surface area contributed by atoms with Crippen molar-refractivity contribution in [1.82, 2.24) is 4.90 Å². The first-order valence-electron chi connectivity index (χ1n) is 7.88. The van der Waals surface area contributed by atoms with Gasteiger partial charge in [-0.2, -0.15) is 0 Å². The number of rotatable bonds is 3. The van der Waals surface area contributed by atoms with Crippen LogP contribution in [0.25, 0.3) is 0 Å². The Balaban J connectivity index is 1.99. The van der Waals surface area contributed by atoms with E-state index in [9.17, 15) is 4.79 Å². The zero-order chi connectivity index (χ0) is 14.1. The molecule has 0 radical (unpaired) electrons. The highest BCUT2D eigenvalue weighted by Crippen LogP contribution is 2.41. The van der Waals surface area contributed by atoms with Crippen LogP contribution in [0.15, 0.2) is 0 Å². The van der Waals surface area contributed by atoms with Gasteiger partial charge in [0, 0.05) is 19.6 Å². The van der Waals surface area contributed by atoms with Crippen molar-refractivity contribution in [1.29, 1.82) is 0 Å². The van der Waals surface area contributed by atoms with Crippen molar-refractivity contribution < 1.29 is 4.79 Å². The van der Waals surface area contributed by atoms with Gasteiger partial charge in [0.1, 0.15) is 0 Å². The fraction of sp³-hybridized carbons (Fsp3) is 0.938. The zero-order valence-corrected chi connectivity index (χ0v) is 12.9. The van der Waals surface area contributed by atoms with Gasteiger partial charge in [-0.15, -0.1) is 0 Å². The summed E-state index contributed by atoms with van der Waals surface area (Å²) in [6, 6.07) is 0.435. The molecule has 2 aliphatic carbocycles. The predicted molar refractivity (Wildman–Crippen MR) is 78.8 cm³/mol. The average Bonchev–Trinajstić information content (AvgIpc) is 2.87. The molecule has 2 rings (SSSR count). The molecule has 110 valence electrons. The van der Waals surface area contributed by atoms with Crippen LogP contribution >= 0.6 is 0 Å². The first kappa shape index (κ1) is 14.8. The van der Waals surface area contributed by atoms with Gasteiger partial charge in [-0.05, 0) is 43.9 Å². The molecule has 0 unspecified atom stereocenters. The van der Waals surface area contributed by atoms with Crippen molar-refractivity contribution in [2.45, 2.75) is 71.3 Å². The topological polar surface area (TPSA) is 46.3 Å². The predicted octanol–water partition coefficient (Wildman–Crippen LogP) is 2.93. The lowest BCUT2D eigenvalue weighted by atomic mass is 9.74. The molecule has 0 heterocycles. The fourth-order valence-corrected chi connectivity index (χ4v) is 3.87. The summed E-state index contributed by atoms with van der Waals surface area (Å²) in [6.07, 6.45) is 9.06. The SMILES string of the molecule is CN(C(=O)C1(CN)CCCC1)C1CCC(C)(C)CC1. The second kappa shape index (κ2) is 5.43. The molecule has 19 heavy (non-hydrogen) atoms. The van der Waals surface area contributed by atoms with E-state index < -0.39 is 0 Å². The Morgan fingerprint density at radius 2 is 1.68 bits per heavy atom. The van der Waals surface area contributed by atoms with E-state index in [0.717, 1.165) is 38.5 Å². The van der Waals surface area contributed by atoms with Crippen LogP contribution in [0.2, 0.25) is 0 Å². The third kappa shape index (κ3) is 2.96. The first-order chi connectivity index (χ1) is 8.90. The van der Waals surface area contributed by atoms with E-state index in [4.69, 9.17) is 5.73 Å². The molecule has 2 fully saturated rings. The van der Waals surface area contributed by atoms with Crippen LogP contribution in [0.4, 0.5) is 0 Å². The van der Waals surface area contributed by atoms with Crippen LogP contribution in [-0.2, 0) is 4.79 Å². The van der Waals surface area contributed by atoms with Gasteiger partial charge in [0.25, 0.3) is 0 Å². The molecular formula is C16H30N2O. The summed E-state index contributed by atoms with van der Waals surface area (Å²) in [7, 11) is 2.00. The van der Waals surface area contributed by atoms with Crippen molar-refractivity contribution in [3.8, 4) is 0 Å². The van der Waals surface area contributed by atoms with Crippen LogP contribution in [0, 0.1) is 10.8 Å². The van der Waals surface area contributed by atoms with Gasteiger partial charge in [-0.25, -0.2) is 0 Å². The molecule has 2 aliphatic rings. The van der Waals surface area contributed by atoms with Crippen molar-refractivity contribution in [3.05, 3.63) is 0 Å². The van der Waals surface area contributed by atoms with E-state index in [-0.39, 0.29) is 5.41 Å². The highest BCUT2D eigenvalue weighted by atomic mass is 16.2. The van der Waals surface area contributed by atoms with Gasteiger partial charge in [-0.1, -0.05) is 26.7 Å². The maximum Gasteiger partial charge on any atom is 0.230 e. The van der Waals surface area contributed by atoms with Crippen LogP contribution in [0.1, 0.15) is 65.2 Å². The molecule has 0 aliphatic heterocycles. The van der Waals surface area contributed by atoms with Crippen LogP contribution in [0.5, 0.6) is 0 Å². The second-order valence-corrected chi connectivity index (χ2v) is 7.50. The Morgan fingerprint density at radius 3 is 2.16 bits per heavy atom. The number of nitrogens with two attached hydrogens (primary N) is 1. The minimum atomic E-state index is -0.234. The molecule has 0 spiro atoms. The summed E-state index contributed by atoms with van der Waals surface area (Å²) in [5.74, 6) is 0.317. The lowest BCUT2D eigenvalue weighted by molar-refractivity contribution is -0.143. The van der Waals surface area contributed by atoms with Gasteiger partial charge in [0.2, 0.25) is 5.91 Å². The number of carbonyl (C=O) groups excluding carboxylic acids is 1. The minimum absolute atomic E-state index is 0.234. The van der Waals surface area contributed by atoms with Crippen molar-refractivity contribution in [3.63, 3.8) is 0 Å². The quantitative estimate of drug-likeness (QED) is 0.853. The molecule has 0 bridgehead atoms. The van der Waals surface area contributed by atoms with Crippen LogP contribution in [0.3, 0.4) is 0 Å². The Labute approximate surface area is 117 Å². The summed E-state index contributed by atoms with van der Waals surface area (Å²) in [5, 5.41) is 0. The average molecular weight is 266 g/mol. The molecule has 0 aromatic heterocycles. The summed E-state index contributed by atoms with van der Waals surface area (Å²) in [6.45, 7) is 5.20. The zero-order valence-electron chi connectivity index (χ0n) is 12.9. The summed E-state index contributed by atoms with van der Waals surface area (Å²) >= 11 is 0. The normalized spacial score (nSPS) is 26.3. The molecule has 0 atom stereocenters. The van der Waals surface area contributed by atoms with Crippen LogP contribution in [-0.4, -0.2) is 30.4 Å². The molecule has 3 heteroatoms. The Hall–Kier alpha value is -0.570. The Kier molecular flexibility index (Phi) is 4.24. The largest absolute Gasteiger partial charge is 0.342 e. The maximum atomic E-state index is 12.8. The lowest BCUT2D eigenvalue weighted by Gasteiger charge is -2.41. The molecule has 0 aromatic rings. The first-order valence-corrected chi connectivity index (χ1v) is 7.88. The number of amides is 1. The maximum absolute atomic E-state index is 12.8. The standard InChI is InChI=1S/C16H30N2O/c1-15(2)10-6-13(7-11-15)18(3)14(19)16(12-17)8-4-5-9-16/h13H,4-12,17H2,1-3H3. The van der Waals surface area contributed by atoms with Gasteiger partial charge in [0.05, 0.1) is 5.41 Å². The van der Waals surface area contributed by atoms with E-state index in [1.807, 2.05) is 11.9 Å². The highest BCUT2D eigenvalue weighted by molar-refractivity contribution is 5.83. The highest BCUT2D eigenvalue weighted by Gasteiger charge is 2.43. The molecule has 0 saturated heterocycles. The van der Waals surface area contributed by atoms with Crippen molar-refractivity contribution >= 4 is 5.91 Å². The third-order valence-corrected chi connectivity index (χ3v) is 5.58. The Bertz CT molecular complexity index is 322. The molecule has 0 aromatic carbocycles. The number of hydrogen-bond acceptors (Lipinski definition) is 2. The van der Waals surface area contributed by atoms with E-state index in [1.165, 1.54) is 12.8 Å². The molecule has 2 N–H and O–H groups in total. The summed E-state index contributed by atoms with van der Waals surface area (Å²) in [5.41, 5.74) is 6.16. The van der Waals surface area contributed by atoms with Gasteiger partial charge in [-0.3, -0.25) is 4.79 Å². The summed E-state index contributed by atoms with van der Waals surface area (Å²) < 4.78 is 0. The van der Waals surface area contributed by atoms with Gasteiger partial charge >= 0.3 is 0 Å². The van der Waals surface area contributed by atoms with E-state index in [1.54, 1.807) is 0 Å². The van der Waals surface area contributed by atoms with E-state index in [0.29, 0.717) is 23.9 Å². The van der Waals surface area contributed by atoms with Gasteiger partial charge in [0.15, 0.2) is 0 Å². The molecule has 1 amide bonds. The Morgan fingerprint density at radius 1 is 1.16 bits per heavy atom. The van der Waals surface area contributed by atoms with E-state index >= 15 is 0 Å². The monoisotopic (exact) mass is 266 g/mol. The minimum Gasteiger partial charge on any atom is -0.342 e. The van der Waals surface area contributed by atoms with E-state index in [2.05, 4.69) is 13.8 Å². The molecular weight excluding hydrogens is 236 g/mol. The number of nitrogens with zero attached hydrogens (tertiary/aromatic N) is 1.